The van der Waals surface area contributed by atoms with Gasteiger partial charge in [-0.25, -0.2) is 4.98 Å². The smallest absolute Gasteiger partial charge is 0.258 e. The number of halogens is 1. The number of rotatable bonds is 8. The maximum Gasteiger partial charge on any atom is 0.258 e. The Morgan fingerprint density at radius 2 is 2.17 bits per heavy atom. The van der Waals surface area contributed by atoms with Crippen LogP contribution < -0.4 is 25.9 Å². The minimum absolute atomic E-state index is 0.0558. The molecule has 1 amide bonds. The Balaban J connectivity index is 1.59. The van der Waals surface area contributed by atoms with E-state index in [0.29, 0.717) is 22.4 Å². The van der Waals surface area contributed by atoms with Crippen LogP contribution in [0.3, 0.4) is 0 Å². The van der Waals surface area contributed by atoms with E-state index in [2.05, 4.69) is 36.8 Å². The molecule has 0 unspecified atom stereocenters. The second kappa shape index (κ2) is 10.4. The van der Waals surface area contributed by atoms with Gasteiger partial charge in [-0.05, 0) is 40.9 Å². The number of aromatic nitrogens is 1. The number of hydrogen-bond donors (Lipinski definition) is 3. The molecule has 3 rings (SSSR count). The fourth-order valence-electron chi connectivity index (χ4n) is 3.08. The van der Waals surface area contributed by atoms with E-state index in [-0.39, 0.29) is 18.6 Å². The van der Waals surface area contributed by atoms with E-state index in [1.807, 2.05) is 0 Å². The highest BCUT2D eigenvalue weighted by molar-refractivity contribution is 9.10. The molecule has 0 spiro atoms. The fourth-order valence-corrected chi connectivity index (χ4v) is 4.05. The zero-order valence-corrected chi connectivity index (χ0v) is 18.5. The van der Waals surface area contributed by atoms with Crippen LogP contribution in [0.5, 0.6) is 11.5 Å². The largest absolute Gasteiger partial charge is 0.493 e. The van der Waals surface area contributed by atoms with Crippen LogP contribution in [0, 0.1) is 0 Å². The zero-order chi connectivity index (χ0) is 20.6. The van der Waals surface area contributed by atoms with E-state index in [1.165, 1.54) is 30.6 Å². The van der Waals surface area contributed by atoms with Gasteiger partial charge >= 0.3 is 0 Å². The van der Waals surface area contributed by atoms with Crippen LogP contribution in [0.15, 0.2) is 27.1 Å². The van der Waals surface area contributed by atoms with Gasteiger partial charge in [-0.15, -0.1) is 11.3 Å². The number of amides is 1. The third-order valence-corrected chi connectivity index (χ3v) is 5.95. The first-order chi connectivity index (χ1) is 14.0. The highest BCUT2D eigenvalue weighted by Gasteiger charge is 2.17. The van der Waals surface area contributed by atoms with Gasteiger partial charge in [-0.1, -0.05) is 19.3 Å². The van der Waals surface area contributed by atoms with Crippen LogP contribution in [-0.4, -0.2) is 36.9 Å². The number of nitrogen functional groups attached to an aromatic ring is 1. The Bertz CT molecular complexity index is 868. The van der Waals surface area contributed by atoms with Crippen molar-refractivity contribution in [2.24, 2.45) is 5.10 Å². The molecule has 156 valence electrons. The second-order valence-electron chi connectivity index (χ2n) is 6.66. The molecular weight excluding hydrogens is 458 g/mol. The molecular formula is C19H24BrN5O3S. The Morgan fingerprint density at radius 1 is 1.38 bits per heavy atom. The molecule has 1 aliphatic rings. The van der Waals surface area contributed by atoms with E-state index in [4.69, 9.17) is 15.2 Å². The van der Waals surface area contributed by atoms with Crippen LogP contribution in [-0.2, 0) is 4.79 Å². The maximum atomic E-state index is 12.2. The van der Waals surface area contributed by atoms with E-state index in [0.717, 1.165) is 22.9 Å². The van der Waals surface area contributed by atoms with Crippen molar-refractivity contribution in [3.05, 3.63) is 27.5 Å². The maximum absolute atomic E-state index is 12.2. The molecule has 1 saturated carbocycles. The summed E-state index contributed by atoms with van der Waals surface area (Å²) in [4.78, 5) is 16.3. The molecule has 0 saturated heterocycles. The van der Waals surface area contributed by atoms with Gasteiger partial charge < -0.3 is 20.5 Å². The van der Waals surface area contributed by atoms with Gasteiger partial charge in [0.05, 0.1) is 13.3 Å². The molecule has 8 nitrogen and oxygen atoms in total. The number of benzene rings is 1. The van der Waals surface area contributed by atoms with Crippen molar-refractivity contribution in [1.29, 1.82) is 0 Å². The van der Waals surface area contributed by atoms with Crippen LogP contribution in [0.4, 0.5) is 10.9 Å². The quantitative estimate of drug-likeness (QED) is 0.390. The molecule has 0 atom stereocenters. The summed E-state index contributed by atoms with van der Waals surface area (Å²) in [6, 6.07) is 3.79. The lowest BCUT2D eigenvalue weighted by Crippen LogP contribution is -2.39. The Kier molecular flexibility index (Phi) is 7.70. The summed E-state index contributed by atoms with van der Waals surface area (Å²) in [7, 11) is 1.55. The van der Waals surface area contributed by atoms with Gasteiger partial charge in [0.25, 0.3) is 5.91 Å². The van der Waals surface area contributed by atoms with Crippen molar-refractivity contribution in [2.75, 3.05) is 24.9 Å². The molecule has 1 aromatic heterocycles. The lowest BCUT2D eigenvalue weighted by Gasteiger charge is -2.22. The summed E-state index contributed by atoms with van der Waals surface area (Å²) < 4.78 is 11.9. The number of nitrogens with two attached hydrogens (primary N) is 1. The van der Waals surface area contributed by atoms with Crippen molar-refractivity contribution in [3.63, 3.8) is 0 Å². The van der Waals surface area contributed by atoms with Crippen molar-refractivity contribution in [2.45, 2.75) is 38.1 Å². The van der Waals surface area contributed by atoms with E-state index >= 15 is 0 Å². The van der Waals surface area contributed by atoms with E-state index < -0.39 is 0 Å². The number of carbonyl (C=O) groups excluding carboxylic acids is 1. The standard InChI is InChI=1S/C19H24BrN5O3S/c1-27-15-7-12(9-22-25-19-24-17(21)11-29-19)14(20)8-16(15)28-10-18(26)23-13-5-3-2-4-6-13/h7-9,11,13H,2-6,10,21H2,1H3,(H,23,26)(H,24,25). The summed E-state index contributed by atoms with van der Waals surface area (Å²) in [5.41, 5.74) is 9.18. The van der Waals surface area contributed by atoms with Crippen molar-refractivity contribution < 1.29 is 14.3 Å². The molecule has 2 aromatic rings. The van der Waals surface area contributed by atoms with Crippen molar-refractivity contribution in [1.82, 2.24) is 10.3 Å². The molecule has 1 fully saturated rings. The summed E-state index contributed by atoms with van der Waals surface area (Å²) in [6.45, 7) is -0.0558. The number of carbonyl (C=O) groups is 1. The lowest BCUT2D eigenvalue weighted by molar-refractivity contribution is -0.124. The van der Waals surface area contributed by atoms with Gasteiger partial charge in [-0.3, -0.25) is 10.2 Å². The molecule has 4 N–H and O–H groups in total. The monoisotopic (exact) mass is 481 g/mol. The first-order valence-electron chi connectivity index (χ1n) is 9.35. The van der Waals surface area contributed by atoms with Gasteiger partial charge in [0.1, 0.15) is 5.82 Å². The minimum atomic E-state index is -0.118. The Labute approximate surface area is 182 Å². The number of thiazole rings is 1. The summed E-state index contributed by atoms with van der Waals surface area (Å²) >= 11 is 4.86. The van der Waals surface area contributed by atoms with E-state index in [9.17, 15) is 4.79 Å². The summed E-state index contributed by atoms with van der Waals surface area (Å²) in [5, 5.41) is 9.53. The lowest BCUT2D eigenvalue weighted by atomic mass is 9.95. The van der Waals surface area contributed by atoms with Crippen molar-refractivity contribution in [3.8, 4) is 11.5 Å². The number of hydrazone groups is 1. The fraction of sp³-hybridized carbons (Fsp3) is 0.421. The molecule has 0 bridgehead atoms. The molecule has 1 aromatic carbocycles. The summed E-state index contributed by atoms with van der Waals surface area (Å²) in [5.74, 6) is 1.33. The zero-order valence-electron chi connectivity index (χ0n) is 16.1. The van der Waals surface area contributed by atoms with Crippen LogP contribution in [0.1, 0.15) is 37.7 Å². The minimum Gasteiger partial charge on any atom is -0.493 e. The van der Waals surface area contributed by atoms with Crippen LogP contribution in [0.2, 0.25) is 0 Å². The van der Waals surface area contributed by atoms with Crippen molar-refractivity contribution >= 4 is 50.3 Å². The number of anilines is 2. The first kappa shape index (κ1) is 21.4. The average molecular weight is 482 g/mol. The third-order valence-electron chi connectivity index (χ3n) is 4.50. The number of nitrogens with zero attached hydrogens (tertiary/aromatic N) is 2. The third kappa shape index (κ3) is 6.33. The number of hydrogen-bond acceptors (Lipinski definition) is 8. The van der Waals surface area contributed by atoms with E-state index in [1.54, 1.807) is 30.8 Å². The second-order valence-corrected chi connectivity index (χ2v) is 8.38. The van der Waals surface area contributed by atoms with Gasteiger partial charge in [-0.2, -0.15) is 5.10 Å². The SMILES string of the molecule is COc1cc(C=NNc2nc(N)cs2)c(Br)cc1OCC(=O)NC1CCCCC1. The number of ether oxygens (including phenoxy) is 2. The normalized spacial score (nSPS) is 14.7. The topological polar surface area (TPSA) is 111 Å². The predicted octanol–water partition coefficient (Wildman–Crippen LogP) is 3.77. The first-order valence-corrected chi connectivity index (χ1v) is 11.0. The summed E-state index contributed by atoms with van der Waals surface area (Å²) in [6.07, 6.45) is 7.29. The molecule has 1 aliphatic carbocycles. The highest BCUT2D eigenvalue weighted by Crippen LogP contribution is 2.33. The van der Waals surface area contributed by atoms with Crippen LogP contribution in [0.25, 0.3) is 0 Å². The predicted molar refractivity (Wildman–Crippen MR) is 119 cm³/mol. The van der Waals surface area contributed by atoms with Crippen LogP contribution >= 0.6 is 27.3 Å². The highest BCUT2D eigenvalue weighted by atomic mass is 79.9. The van der Waals surface area contributed by atoms with Gasteiger partial charge in [0.15, 0.2) is 18.1 Å². The van der Waals surface area contributed by atoms with Gasteiger partial charge in [0, 0.05) is 21.5 Å². The number of methoxy groups -OCH3 is 1. The molecule has 1 heterocycles. The Morgan fingerprint density at radius 3 is 2.86 bits per heavy atom. The molecule has 10 heteroatoms. The average Bonchev–Trinajstić information content (AvgIpc) is 3.13. The Hall–Kier alpha value is -2.33. The number of nitrogens with one attached hydrogen (secondary N) is 2. The molecule has 0 radical (unpaired) electrons. The molecule has 0 aliphatic heterocycles. The van der Waals surface area contributed by atoms with Gasteiger partial charge in [0.2, 0.25) is 5.13 Å². The molecule has 29 heavy (non-hydrogen) atoms.